The molecule has 0 bridgehead atoms. The zero-order valence-electron chi connectivity index (χ0n) is 16.3. The van der Waals surface area contributed by atoms with Gasteiger partial charge in [0.2, 0.25) is 0 Å². The van der Waals surface area contributed by atoms with Crippen LogP contribution in [0.1, 0.15) is 36.2 Å². The van der Waals surface area contributed by atoms with Gasteiger partial charge in [0.05, 0.1) is 13.7 Å². The minimum absolute atomic E-state index is 0.234. The van der Waals surface area contributed by atoms with Crippen LogP contribution in [0.25, 0.3) is 0 Å². The third-order valence-corrected chi connectivity index (χ3v) is 4.87. The molecule has 2 rings (SSSR count). The summed E-state index contributed by atoms with van der Waals surface area (Å²) in [7, 11) is 1.62. The second-order valence-electron chi connectivity index (χ2n) is 6.66. The average Bonchev–Trinajstić information content (AvgIpc) is 2.66. The van der Waals surface area contributed by atoms with Crippen LogP contribution in [0.15, 0.2) is 42.5 Å². The van der Waals surface area contributed by atoms with Crippen molar-refractivity contribution in [3.8, 4) is 11.5 Å². The summed E-state index contributed by atoms with van der Waals surface area (Å²) in [5.41, 5.74) is 1.54. The van der Waals surface area contributed by atoms with Gasteiger partial charge in [-0.1, -0.05) is 26.0 Å². The summed E-state index contributed by atoms with van der Waals surface area (Å²) in [5.74, 6) is 1.76. The van der Waals surface area contributed by atoms with Crippen molar-refractivity contribution in [1.82, 2.24) is 10.6 Å². The standard InChI is InChI=1S/C21H25IN2O3S/c1-14(2)9-10-27-18-8-7-15(11-19(18)26-3)13-23-21(28)24-20(25)16-5-4-6-17(22)12-16/h4-8,11-12,14H,9-10,13H2,1-3H3,(H2,23,24,25,28). The zero-order valence-corrected chi connectivity index (χ0v) is 19.2. The summed E-state index contributed by atoms with van der Waals surface area (Å²) in [5, 5.41) is 6.02. The fourth-order valence-corrected chi connectivity index (χ4v) is 3.09. The van der Waals surface area contributed by atoms with Gasteiger partial charge in [-0.2, -0.15) is 0 Å². The molecule has 0 radical (unpaired) electrons. The summed E-state index contributed by atoms with van der Waals surface area (Å²) < 4.78 is 12.2. The highest BCUT2D eigenvalue weighted by Gasteiger charge is 2.10. The van der Waals surface area contributed by atoms with Crippen LogP contribution in [0.4, 0.5) is 0 Å². The van der Waals surface area contributed by atoms with Crippen molar-refractivity contribution in [2.45, 2.75) is 26.8 Å². The highest BCUT2D eigenvalue weighted by molar-refractivity contribution is 14.1. The van der Waals surface area contributed by atoms with Gasteiger partial charge in [-0.25, -0.2) is 0 Å². The Morgan fingerprint density at radius 1 is 1.18 bits per heavy atom. The normalized spacial score (nSPS) is 10.5. The average molecular weight is 512 g/mol. The molecule has 0 spiro atoms. The Bertz CT molecular complexity index is 827. The van der Waals surface area contributed by atoms with Crippen LogP contribution in [-0.2, 0) is 6.54 Å². The number of ether oxygens (including phenoxy) is 2. The summed E-state index contributed by atoms with van der Waals surface area (Å²) in [6.07, 6.45) is 0.987. The third-order valence-electron chi connectivity index (χ3n) is 3.95. The van der Waals surface area contributed by atoms with E-state index < -0.39 is 0 Å². The maximum absolute atomic E-state index is 12.2. The molecule has 1 amide bonds. The number of amides is 1. The molecule has 0 saturated carbocycles. The molecule has 0 fully saturated rings. The molecular weight excluding hydrogens is 487 g/mol. The van der Waals surface area contributed by atoms with Crippen molar-refractivity contribution < 1.29 is 14.3 Å². The van der Waals surface area contributed by atoms with E-state index in [4.69, 9.17) is 21.7 Å². The molecule has 2 N–H and O–H groups in total. The van der Waals surface area contributed by atoms with Gasteiger partial charge in [0, 0.05) is 15.7 Å². The molecule has 2 aromatic rings. The number of nitrogens with one attached hydrogen (secondary N) is 2. The predicted octanol–water partition coefficient (Wildman–Crippen LogP) is 4.53. The number of carbonyl (C=O) groups is 1. The second-order valence-corrected chi connectivity index (χ2v) is 8.32. The van der Waals surface area contributed by atoms with Crippen molar-refractivity contribution in [1.29, 1.82) is 0 Å². The number of hydrogen-bond acceptors (Lipinski definition) is 4. The first-order chi connectivity index (χ1) is 13.4. The highest BCUT2D eigenvalue weighted by atomic mass is 127. The molecule has 0 unspecified atom stereocenters. The lowest BCUT2D eigenvalue weighted by Crippen LogP contribution is -2.38. The Morgan fingerprint density at radius 3 is 2.64 bits per heavy atom. The summed E-state index contributed by atoms with van der Waals surface area (Å²) in [4.78, 5) is 12.2. The van der Waals surface area contributed by atoms with E-state index in [1.54, 1.807) is 19.2 Å². The van der Waals surface area contributed by atoms with Crippen LogP contribution >= 0.6 is 34.8 Å². The van der Waals surface area contributed by atoms with Gasteiger partial charge in [-0.3, -0.25) is 10.1 Å². The minimum Gasteiger partial charge on any atom is -0.493 e. The van der Waals surface area contributed by atoms with Crippen molar-refractivity contribution in [3.63, 3.8) is 0 Å². The van der Waals surface area contributed by atoms with Crippen LogP contribution in [0.2, 0.25) is 0 Å². The molecule has 0 aromatic heterocycles. The first kappa shape index (κ1) is 22.4. The quantitative estimate of drug-likeness (QED) is 0.402. The van der Waals surface area contributed by atoms with Crippen molar-refractivity contribution in [2.24, 2.45) is 5.92 Å². The molecule has 7 heteroatoms. The molecular formula is C21H25IN2O3S. The number of thiocarbonyl (C=S) groups is 1. The number of hydrogen-bond donors (Lipinski definition) is 2. The third kappa shape index (κ3) is 7.27. The van der Waals surface area contributed by atoms with Gasteiger partial charge in [0.25, 0.3) is 5.91 Å². The monoisotopic (exact) mass is 512 g/mol. The molecule has 0 heterocycles. The SMILES string of the molecule is COc1cc(CNC(=S)NC(=O)c2cccc(I)c2)ccc1OCCC(C)C. The molecule has 0 aliphatic heterocycles. The molecule has 0 aliphatic rings. The van der Waals surface area contributed by atoms with Gasteiger partial charge < -0.3 is 14.8 Å². The lowest BCUT2D eigenvalue weighted by atomic mass is 10.1. The highest BCUT2D eigenvalue weighted by Crippen LogP contribution is 2.28. The fourth-order valence-electron chi connectivity index (χ4n) is 2.38. The fraction of sp³-hybridized carbons (Fsp3) is 0.333. The number of benzene rings is 2. The van der Waals surface area contributed by atoms with E-state index in [9.17, 15) is 4.79 Å². The first-order valence-corrected chi connectivity index (χ1v) is 10.5. The Hall–Kier alpha value is -1.87. The van der Waals surface area contributed by atoms with Crippen LogP contribution in [0.5, 0.6) is 11.5 Å². The topological polar surface area (TPSA) is 59.6 Å². The van der Waals surface area contributed by atoms with E-state index in [0.29, 0.717) is 30.4 Å². The van der Waals surface area contributed by atoms with Gasteiger partial charge in [0.15, 0.2) is 16.6 Å². The molecule has 28 heavy (non-hydrogen) atoms. The molecule has 2 aromatic carbocycles. The number of carbonyl (C=O) groups excluding carboxylic acids is 1. The van der Waals surface area contributed by atoms with Crippen LogP contribution in [-0.4, -0.2) is 24.7 Å². The Morgan fingerprint density at radius 2 is 1.96 bits per heavy atom. The van der Waals surface area contributed by atoms with Crippen LogP contribution in [0, 0.1) is 9.49 Å². The predicted molar refractivity (Wildman–Crippen MR) is 124 cm³/mol. The molecule has 5 nitrogen and oxygen atoms in total. The smallest absolute Gasteiger partial charge is 0.257 e. The van der Waals surface area contributed by atoms with Gasteiger partial charge in [-0.05, 0) is 83.0 Å². The second kappa shape index (κ2) is 11.2. The number of methoxy groups -OCH3 is 1. The zero-order chi connectivity index (χ0) is 20.5. The first-order valence-electron chi connectivity index (χ1n) is 9.03. The van der Waals surface area contributed by atoms with E-state index in [1.165, 1.54) is 0 Å². The lowest BCUT2D eigenvalue weighted by Gasteiger charge is -2.14. The van der Waals surface area contributed by atoms with Crippen molar-refractivity contribution >= 4 is 45.8 Å². The van der Waals surface area contributed by atoms with Gasteiger partial charge in [0.1, 0.15) is 0 Å². The summed E-state index contributed by atoms with van der Waals surface area (Å²) in [6, 6.07) is 13.1. The number of rotatable bonds is 8. The van der Waals surface area contributed by atoms with E-state index in [-0.39, 0.29) is 11.0 Å². The van der Waals surface area contributed by atoms with E-state index >= 15 is 0 Å². The summed E-state index contributed by atoms with van der Waals surface area (Å²) in [6.45, 7) is 5.44. The van der Waals surface area contributed by atoms with Gasteiger partial charge >= 0.3 is 0 Å². The van der Waals surface area contributed by atoms with Gasteiger partial charge in [-0.15, -0.1) is 0 Å². The van der Waals surface area contributed by atoms with E-state index in [2.05, 4.69) is 47.1 Å². The Kier molecular flexibility index (Phi) is 8.98. The Labute approximate surface area is 185 Å². The molecule has 0 aliphatic carbocycles. The lowest BCUT2D eigenvalue weighted by molar-refractivity contribution is 0.0976. The Balaban J connectivity index is 1.89. The number of halogens is 1. The van der Waals surface area contributed by atoms with Crippen LogP contribution in [0.3, 0.4) is 0 Å². The maximum Gasteiger partial charge on any atom is 0.257 e. The van der Waals surface area contributed by atoms with E-state index in [0.717, 1.165) is 21.3 Å². The maximum atomic E-state index is 12.2. The van der Waals surface area contributed by atoms with Crippen LogP contribution < -0.4 is 20.1 Å². The molecule has 0 saturated heterocycles. The van der Waals surface area contributed by atoms with E-state index in [1.807, 2.05) is 30.3 Å². The van der Waals surface area contributed by atoms with Crippen molar-refractivity contribution in [2.75, 3.05) is 13.7 Å². The molecule has 150 valence electrons. The minimum atomic E-state index is -0.234. The summed E-state index contributed by atoms with van der Waals surface area (Å²) >= 11 is 7.40. The largest absolute Gasteiger partial charge is 0.493 e. The van der Waals surface area contributed by atoms with Crippen molar-refractivity contribution in [3.05, 3.63) is 57.2 Å². The molecule has 0 atom stereocenters.